The molecule has 1 N–H and O–H groups in total. The predicted octanol–water partition coefficient (Wildman–Crippen LogP) is 3.54. The molecule has 0 aromatic carbocycles. The van der Waals surface area contributed by atoms with Gasteiger partial charge < -0.3 is 14.2 Å². The van der Waals surface area contributed by atoms with Gasteiger partial charge in [0.1, 0.15) is 0 Å². The summed E-state index contributed by atoms with van der Waals surface area (Å²) in [6, 6.07) is 0. The fraction of sp³-hybridized carbons (Fsp3) is 0.462. The van der Waals surface area contributed by atoms with Gasteiger partial charge >= 0.3 is 13.6 Å². The van der Waals surface area contributed by atoms with Gasteiger partial charge in [-0.05, 0) is 46.8 Å². The van der Waals surface area contributed by atoms with E-state index in [0.29, 0.717) is 11.5 Å². The summed E-state index contributed by atoms with van der Waals surface area (Å²) in [4.78, 5) is 11.2. The van der Waals surface area contributed by atoms with Crippen molar-refractivity contribution < 1.29 is 23.5 Å². The minimum atomic E-state index is -3.96. The minimum absolute atomic E-state index is 0.316. The summed E-state index contributed by atoms with van der Waals surface area (Å²) >= 11 is 0. The molecule has 0 amide bonds. The van der Waals surface area contributed by atoms with E-state index in [4.69, 9.17) is 14.2 Å². The first kappa shape index (κ1) is 17.3. The molecule has 0 spiro atoms. The van der Waals surface area contributed by atoms with Crippen LogP contribution in [0.15, 0.2) is 23.7 Å². The van der Waals surface area contributed by atoms with E-state index in [1.165, 1.54) is 6.92 Å². The third kappa shape index (κ3) is 5.23. The minimum Gasteiger partial charge on any atom is -0.480 e. The maximum absolute atomic E-state index is 12.7. The highest BCUT2D eigenvalue weighted by molar-refractivity contribution is 7.56. The summed E-state index contributed by atoms with van der Waals surface area (Å²) in [5.74, 6) is 4.09. The van der Waals surface area contributed by atoms with Crippen LogP contribution in [0.1, 0.15) is 34.6 Å². The maximum Gasteiger partial charge on any atom is 0.456 e. The normalized spacial score (nSPS) is 16.7. The lowest BCUT2D eigenvalue weighted by Crippen LogP contribution is -2.21. The largest absolute Gasteiger partial charge is 0.480 e. The van der Waals surface area contributed by atoms with Crippen LogP contribution in [0.2, 0.25) is 0 Å². The smallest absolute Gasteiger partial charge is 0.456 e. The number of aliphatic carboxylic acids is 1. The zero-order valence-corrected chi connectivity index (χ0v) is 12.7. The van der Waals surface area contributed by atoms with Crippen molar-refractivity contribution in [3.8, 4) is 11.8 Å². The molecule has 5 nitrogen and oxygen atoms in total. The topological polar surface area (TPSA) is 72.8 Å². The monoisotopic (exact) mass is 286 g/mol. The molecule has 0 fully saturated rings. The van der Waals surface area contributed by atoms with Gasteiger partial charge in [-0.15, -0.1) is 5.92 Å². The molecule has 0 heterocycles. The summed E-state index contributed by atoms with van der Waals surface area (Å²) in [6.07, 6.45) is 3.14. The van der Waals surface area contributed by atoms with Crippen molar-refractivity contribution in [3.63, 3.8) is 0 Å². The summed E-state index contributed by atoms with van der Waals surface area (Å²) in [7, 11) is -3.96. The Morgan fingerprint density at radius 2 is 1.63 bits per heavy atom. The molecular weight excluding hydrogens is 267 g/mol. The molecule has 0 aromatic heterocycles. The van der Waals surface area contributed by atoms with Crippen molar-refractivity contribution >= 4 is 13.6 Å². The van der Waals surface area contributed by atoms with Crippen molar-refractivity contribution in [2.75, 3.05) is 0 Å². The van der Waals surface area contributed by atoms with Crippen LogP contribution in [0, 0.1) is 11.8 Å². The molecule has 0 radical (unpaired) electrons. The number of carboxylic acids is 1. The van der Waals surface area contributed by atoms with E-state index in [9.17, 15) is 9.36 Å². The Bertz CT molecular complexity index is 469. The van der Waals surface area contributed by atoms with Gasteiger partial charge in [-0.1, -0.05) is 5.92 Å². The molecule has 1 unspecified atom stereocenters. The summed E-state index contributed by atoms with van der Waals surface area (Å²) < 4.78 is 23.1. The van der Waals surface area contributed by atoms with Crippen molar-refractivity contribution in [1.82, 2.24) is 0 Å². The van der Waals surface area contributed by atoms with Crippen LogP contribution in [0.25, 0.3) is 0 Å². The van der Waals surface area contributed by atoms with E-state index >= 15 is 0 Å². The average molecular weight is 286 g/mol. The number of allylic oxidation sites excluding steroid dienone is 4. The first-order chi connectivity index (χ1) is 8.80. The first-order valence-corrected chi connectivity index (χ1v) is 7.31. The van der Waals surface area contributed by atoms with E-state index in [1.54, 1.807) is 39.8 Å². The molecule has 106 valence electrons. The molecule has 19 heavy (non-hydrogen) atoms. The number of carboxylic acid groups (broad SMARTS) is 1. The Morgan fingerprint density at radius 1 is 1.21 bits per heavy atom. The highest BCUT2D eigenvalue weighted by atomic mass is 31.2. The predicted molar refractivity (Wildman–Crippen MR) is 73.5 cm³/mol. The second-order valence-corrected chi connectivity index (χ2v) is 5.62. The van der Waals surface area contributed by atoms with Crippen molar-refractivity contribution in [2.24, 2.45) is 0 Å². The van der Waals surface area contributed by atoms with E-state index in [-0.39, 0.29) is 0 Å². The highest BCUT2D eigenvalue weighted by Gasteiger charge is 2.43. The van der Waals surface area contributed by atoms with E-state index < -0.39 is 19.2 Å². The maximum atomic E-state index is 12.7. The van der Waals surface area contributed by atoms with Crippen LogP contribution < -0.4 is 0 Å². The molecule has 0 saturated carbocycles. The summed E-state index contributed by atoms with van der Waals surface area (Å²) in [6.45, 7) is 7.97. The van der Waals surface area contributed by atoms with Crippen LogP contribution in [-0.2, 0) is 18.4 Å². The molecule has 0 aromatic rings. The molecule has 0 bridgehead atoms. The Morgan fingerprint density at radius 3 is 1.89 bits per heavy atom. The Hall–Kier alpha value is -1.66. The van der Waals surface area contributed by atoms with Crippen LogP contribution in [0.3, 0.4) is 0 Å². The van der Waals surface area contributed by atoms with Gasteiger partial charge in [0.15, 0.2) is 0 Å². The summed E-state index contributed by atoms with van der Waals surface area (Å²) in [5, 5.41) is 9.14. The Kier molecular flexibility index (Phi) is 7.03. The molecule has 0 aliphatic heterocycles. The van der Waals surface area contributed by atoms with Gasteiger partial charge in [0.05, 0.1) is 11.5 Å². The quantitative estimate of drug-likeness (QED) is 0.459. The fourth-order valence-electron chi connectivity index (χ4n) is 1.04. The van der Waals surface area contributed by atoms with Crippen molar-refractivity contribution in [1.29, 1.82) is 0 Å². The van der Waals surface area contributed by atoms with Crippen molar-refractivity contribution in [3.05, 3.63) is 23.7 Å². The molecule has 0 rings (SSSR count). The lowest BCUT2D eigenvalue weighted by atomic mass is 10.4. The standard InChI is InChI=1S/C13H19O5P/c1-6-9-12(13(14)15)19(16,17-10(4)7-2)18-11(5)8-3/h7-8,12H,1-5H3,(H,14,15). The van der Waals surface area contributed by atoms with E-state index in [2.05, 4.69) is 11.8 Å². The third-order valence-corrected chi connectivity index (χ3v) is 4.25. The molecule has 0 aliphatic carbocycles. The van der Waals surface area contributed by atoms with Gasteiger partial charge in [-0.3, -0.25) is 4.79 Å². The van der Waals surface area contributed by atoms with Gasteiger partial charge in [-0.2, -0.15) is 0 Å². The zero-order chi connectivity index (χ0) is 15.1. The lowest BCUT2D eigenvalue weighted by Gasteiger charge is -2.22. The highest BCUT2D eigenvalue weighted by Crippen LogP contribution is 2.56. The SMILES string of the molecule is CC#CC(C(=O)O)P(=O)(OC(C)=CC)OC(C)=CC. The van der Waals surface area contributed by atoms with E-state index in [0.717, 1.165) is 0 Å². The average Bonchev–Trinajstić information content (AvgIpc) is 2.34. The molecule has 0 saturated heterocycles. The second kappa shape index (κ2) is 7.70. The second-order valence-electron chi connectivity index (χ2n) is 3.66. The third-order valence-electron chi connectivity index (χ3n) is 2.19. The first-order valence-electron chi connectivity index (χ1n) is 5.70. The molecule has 6 heteroatoms. The van der Waals surface area contributed by atoms with Crippen LogP contribution >= 0.6 is 7.60 Å². The number of hydrogen-bond donors (Lipinski definition) is 1. The zero-order valence-electron chi connectivity index (χ0n) is 11.8. The van der Waals surface area contributed by atoms with Gasteiger partial charge in [0.25, 0.3) is 0 Å². The van der Waals surface area contributed by atoms with Crippen LogP contribution in [0.5, 0.6) is 0 Å². The molecule has 0 aliphatic rings. The van der Waals surface area contributed by atoms with Crippen LogP contribution in [0.4, 0.5) is 0 Å². The number of hydrogen-bond acceptors (Lipinski definition) is 4. The van der Waals surface area contributed by atoms with Gasteiger partial charge in [-0.25, -0.2) is 4.57 Å². The Balaban J connectivity index is 5.63. The number of carbonyl (C=O) groups is 1. The van der Waals surface area contributed by atoms with E-state index in [1.807, 2.05) is 0 Å². The number of rotatable bonds is 6. The lowest BCUT2D eigenvalue weighted by molar-refractivity contribution is -0.135. The summed E-state index contributed by atoms with van der Waals surface area (Å²) in [5.41, 5.74) is -1.53. The molecular formula is C13H19O5P. The molecule has 1 atom stereocenters. The fourth-order valence-corrected chi connectivity index (χ4v) is 2.86. The van der Waals surface area contributed by atoms with Gasteiger partial charge in [0.2, 0.25) is 5.66 Å². The Labute approximate surface area is 113 Å². The van der Waals surface area contributed by atoms with Gasteiger partial charge in [0, 0.05) is 0 Å². The van der Waals surface area contributed by atoms with Crippen molar-refractivity contribution in [2.45, 2.75) is 40.3 Å². The van der Waals surface area contributed by atoms with Crippen LogP contribution in [-0.4, -0.2) is 16.7 Å².